The van der Waals surface area contributed by atoms with Gasteiger partial charge in [-0.05, 0) is 24.7 Å². The summed E-state index contributed by atoms with van der Waals surface area (Å²) in [4.78, 5) is 35.4. The lowest BCUT2D eigenvalue weighted by molar-refractivity contribution is -0.385. The molecular formula is C14H18N4O5. The van der Waals surface area contributed by atoms with Crippen molar-refractivity contribution in [2.75, 3.05) is 6.54 Å². The van der Waals surface area contributed by atoms with E-state index in [1.807, 2.05) is 0 Å². The van der Waals surface area contributed by atoms with Gasteiger partial charge in [-0.2, -0.15) is 5.10 Å². The van der Waals surface area contributed by atoms with E-state index in [1.165, 1.54) is 15.8 Å². The van der Waals surface area contributed by atoms with Crippen LogP contribution in [0.5, 0.6) is 0 Å². The lowest BCUT2D eigenvalue weighted by Gasteiger charge is -2.24. The Morgan fingerprint density at radius 3 is 2.87 bits per heavy atom. The molecule has 1 aliphatic heterocycles. The molecule has 0 aromatic carbocycles. The molecule has 1 aromatic rings. The minimum Gasteiger partial charge on any atom is -0.480 e. The van der Waals surface area contributed by atoms with Gasteiger partial charge in [0.05, 0.1) is 4.92 Å². The third-order valence-corrected chi connectivity index (χ3v) is 4.85. The molecule has 1 N–H and O–H groups in total. The van der Waals surface area contributed by atoms with Gasteiger partial charge in [0.2, 0.25) is 5.91 Å². The van der Waals surface area contributed by atoms with Gasteiger partial charge in [0.1, 0.15) is 18.4 Å². The van der Waals surface area contributed by atoms with Gasteiger partial charge < -0.3 is 10.0 Å². The number of carboxylic acid groups (broad SMARTS) is 1. The molecule has 2 heterocycles. The third kappa shape index (κ3) is 2.90. The predicted octanol–water partition coefficient (Wildman–Crippen LogP) is 0.893. The van der Waals surface area contributed by atoms with Crippen molar-refractivity contribution in [3.05, 3.63) is 22.5 Å². The lowest BCUT2D eigenvalue weighted by Crippen LogP contribution is -2.43. The molecule has 1 saturated heterocycles. The van der Waals surface area contributed by atoms with Gasteiger partial charge in [0, 0.05) is 19.5 Å². The van der Waals surface area contributed by atoms with Crippen LogP contribution in [0.15, 0.2) is 12.4 Å². The maximum Gasteiger partial charge on any atom is 0.326 e. The van der Waals surface area contributed by atoms with Crippen LogP contribution < -0.4 is 0 Å². The number of carbonyl (C=O) groups is 2. The highest BCUT2D eigenvalue weighted by molar-refractivity contribution is 5.84. The van der Waals surface area contributed by atoms with Crippen molar-refractivity contribution >= 4 is 17.6 Å². The summed E-state index contributed by atoms with van der Waals surface area (Å²) in [6.45, 7) is 0.699. The largest absolute Gasteiger partial charge is 0.480 e. The first-order valence-corrected chi connectivity index (χ1v) is 7.66. The molecule has 0 spiro atoms. The average Bonchev–Trinajstić information content (AvgIpc) is 3.18. The van der Waals surface area contributed by atoms with E-state index in [0.29, 0.717) is 6.54 Å². The highest BCUT2D eigenvalue weighted by Gasteiger charge is 2.49. The van der Waals surface area contributed by atoms with Crippen molar-refractivity contribution in [3.8, 4) is 0 Å². The Morgan fingerprint density at radius 2 is 2.22 bits per heavy atom. The van der Waals surface area contributed by atoms with Crippen LogP contribution in [0.2, 0.25) is 0 Å². The minimum absolute atomic E-state index is 0.0576. The van der Waals surface area contributed by atoms with Gasteiger partial charge >= 0.3 is 11.7 Å². The van der Waals surface area contributed by atoms with Crippen LogP contribution in [0.3, 0.4) is 0 Å². The number of nitro groups is 1. The van der Waals surface area contributed by atoms with Crippen molar-refractivity contribution in [3.63, 3.8) is 0 Å². The molecule has 0 bridgehead atoms. The summed E-state index contributed by atoms with van der Waals surface area (Å²) in [5.41, 5.74) is -0.128. The number of aromatic nitrogens is 2. The summed E-state index contributed by atoms with van der Waals surface area (Å²) in [6.07, 6.45) is 5.34. The Morgan fingerprint density at radius 1 is 1.43 bits per heavy atom. The average molecular weight is 322 g/mol. The predicted molar refractivity (Wildman–Crippen MR) is 77.5 cm³/mol. The van der Waals surface area contributed by atoms with E-state index in [9.17, 15) is 24.8 Å². The number of carboxylic acids is 1. The van der Waals surface area contributed by atoms with Crippen LogP contribution in [0.1, 0.15) is 25.7 Å². The zero-order chi connectivity index (χ0) is 16.6. The van der Waals surface area contributed by atoms with Crippen molar-refractivity contribution in [1.29, 1.82) is 0 Å². The first kappa shape index (κ1) is 15.4. The summed E-state index contributed by atoms with van der Waals surface area (Å²) >= 11 is 0. The molecule has 9 nitrogen and oxygen atoms in total. The molecule has 1 saturated carbocycles. The summed E-state index contributed by atoms with van der Waals surface area (Å²) in [5.74, 6) is -0.833. The van der Waals surface area contributed by atoms with Crippen LogP contribution in [0, 0.1) is 22.0 Å². The molecule has 124 valence electrons. The smallest absolute Gasteiger partial charge is 0.326 e. The number of aliphatic carboxylic acids is 1. The number of aryl methyl sites for hydroxylation is 1. The maximum absolute atomic E-state index is 12.4. The van der Waals surface area contributed by atoms with Crippen LogP contribution in [-0.2, 0) is 16.1 Å². The number of amides is 1. The fourth-order valence-corrected chi connectivity index (χ4v) is 3.80. The highest BCUT2D eigenvalue weighted by atomic mass is 16.6. The van der Waals surface area contributed by atoms with Crippen molar-refractivity contribution in [1.82, 2.24) is 14.7 Å². The summed E-state index contributed by atoms with van der Waals surface area (Å²) in [7, 11) is 0. The summed E-state index contributed by atoms with van der Waals surface area (Å²) in [6, 6.07) is -0.734. The third-order valence-electron chi connectivity index (χ3n) is 4.85. The van der Waals surface area contributed by atoms with Crippen LogP contribution in [0.25, 0.3) is 0 Å². The Bertz CT molecular complexity index is 643. The molecule has 2 aliphatic rings. The normalized spacial score (nSPS) is 26.3. The zero-order valence-electron chi connectivity index (χ0n) is 12.5. The number of hydrogen-bond acceptors (Lipinski definition) is 5. The van der Waals surface area contributed by atoms with E-state index in [-0.39, 0.29) is 36.4 Å². The standard InChI is InChI=1S/C14H18N4O5/c19-12(4-5-16-8-10(6-15-16)18(22)23)17-7-9-2-1-3-11(9)13(17)14(20)21/h6,8-9,11,13H,1-5,7H2,(H,20,21). The first-order chi connectivity index (χ1) is 11.0. The second-order valence-corrected chi connectivity index (χ2v) is 6.15. The van der Waals surface area contributed by atoms with Crippen molar-refractivity contribution < 1.29 is 19.6 Å². The monoisotopic (exact) mass is 322 g/mol. The fraction of sp³-hybridized carbons (Fsp3) is 0.643. The fourth-order valence-electron chi connectivity index (χ4n) is 3.80. The number of likely N-dealkylation sites (tertiary alicyclic amines) is 1. The Kier molecular flexibility index (Phi) is 4.01. The summed E-state index contributed by atoms with van der Waals surface area (Å²) in [5, 5.41) is 23.9. The molecule has 1 aliphatic carbocycles. The molecule has 3 rings (SSSR count). The molecule has 3 unspecified atom stereocenters. The topological polar surface area (TPSA) is 119 Å². The molecule has 9 heteroatoms. The molecule has 1 aromatic heterocycles. The van der Waals surface area contributed by atoms with Gasteiger partial charge in [-0.1, -0.05) is 6.42 Å². The van der Waals surface area contributed by atoms with E-state index < -0.39 is 16.9 Å². The Hall–Kier alpha value is -2.45. The van der Waals surface area contributed by atoms with Crippen LogP contribution in [-0.4, -0.2) is 49.2 Å². The van der Waals surface area contributed by atoms with E-state index >= 15 is 0 Å². The van der Waals surface area contributed by atoms with Gasteiger partial charge in [0.25, 0.3) is 0 Å². The molecule has 23 heavy (non-hydrogen) atoms. The SMILES string of the molecule is O=C(O)C1C2CCCC2CN1C(=O)CCn1cc([N+](=O)[O-])cn1. The Balaban J connectivity index is 1.63. The molecule has 1 amide bonds. The highest BCUT2D eigenvalue weighted by Crippen LogP contribution is 2.42. The number of carbonyl (C=O) groups excluding carboxylic acids is 1. The van der Waals surface area contributed by atoms with Crippen LogP contribution in [0.4, 0.5) is 5.69 Å². The maximum atomic E-state index is 12.4. The van der Waals surface area contributed by atoms with Crippen LogP contribution >= 0.6 is 0 Å². The number of rotatable bonds is 5. The second-order valence-electron chi connectivity index (χ2n) is 6.15. The molecule has 2 fully saturated rings. The van der Waals surface area contributed by atoms with Gasteiger partial charge in [0.15, 0.2) is 0 Å². The molecular weight excluding hydrogens is 304 g/mol. The lowest BCUT2D eigenvalue weighted by atomic mass is 9.94. The molecule has 3 atom stereocenters. The minimum atomic E-state index is -0.942. The van der Waals surface area contributed by atoms with E-state index in [0.717, 1.165) is 25.5 Å². The van der Waals surface area contributed by atoms with Crippen molar-refractivity contribution in [2.24, 2.45) is 11.8 Å². The van der Waals surface area contributed by atoms with E-state index in [2.05, 4.69) is 5.10 Å². The first-order valence-electron chi connectivity index (χ1n) is 7.66. The number of nitrogens with zero attached hydrogens (tertiary/aromatic N) is 4. The van der Waals surface area contributed by atoms with E-state index in [1.54, 1.807) is 0 Å². The van der Waals surface area contributed by atoms with Gasteiger partial charge in [-0.25, -0.2) is 4.79 Å². The molecule has 0 radical (unpaired) electrons. The number of hydrogen-bond donors (Lipinski definition) is 1. The van der Waals surface area contributed by atoms with Gasteiger partial charge in [-0.3, -0.25) is 19.6 Å². The van der Waals surface area contributed by atoms with E-state index in [4.69, 9.17) is 0 Å². The zero-order valence-corrected chi connectivity index (χ0v) is 12.5. The Labute approximate surface area is 132 Å². The quantitative estimate of drug-likeness (QED) is 0.635. The van der Waals surface area contributed by atoms with Crippen molar-refractivity contribution in [2.45, 2.75) is 38.3 Å². The number of fused-ring (bicyclic) bond motifs is 1. The second kappa shape index (κ2) is 5.98. The van der Waals surface area contributed by atoms with Gasteiger partial charge in [-0.15, -0.1) is 0 Å². The summed E-state index contributed by atoms with van der Waals surface area (Å²) < 4.78 is 1.34.